The van der Waals surface area contributed by atoms with Crippen LogP contribution >= 0.6 is 12.2 Å². The van der Waals surface area contributed by atoms with Gasteiger partial charge in [0.05, 0.1) is 5.69 Å². The van der Waals surface area contributed by atoms with Crippen LogP contribution in [0.5, 0.6) is 0 Å². The molecule has 2 unspecified atom stereocenters. The number of aromatic nitrogens is 2. The van der Waals surface area contributed by atoms with E-state index in [2.05, 4.69) is 46.8 Å². The maximum atomic E-state index is 5.47. The third-order valence-corrected chi connectivity index (χ3v) is 5.08. The van der Waals surface area contributed by atoms with Crippen molar-refractivity contribution in [2.45, 2.75) is 45.6 Å². The van der Waals surface area contributed by atoms with E-state index >= 15 is 0 Å². The lowest BCUT2D eigenvalue weighted by atomic mass is 9.81. The number of H-pyrrole nitrogens is 1. The lowest BCUT2D eigenvalue weighted by Crippen LogP contribution is -2.15. The van der Waals surface area contributed by atoms with Gasteiger partial charge in [-0.3, -0.25) is 0 Å². The summed E-state index contributed by atoms with van der Waals surface area (Å²) in [5, 5.41) is 0. The highest BCUT2D eigenvalue weighted by Crippen LogP contribution is 2.31. The fourth-order valence-electron chi connectivity index (χ4n) is 3.60. The monoisotopic (exact) mass is 300 g/mol. The number of benzene rings is 1. The summed E-state index contributed by atoms with van der Waals surface area (Å²) in [6, 6.07) is 10.5. The normalized spacial score (nSPS) is 22.3. The van der Waals surface area contributed by atoms with Crippen molar-refractivity contribution < 1.29 is 0 Å². The van der Waals surface area contributed by atoms with Crippen LogP contribution in [0, 0.1) is 16.6 Å². The van der Waals surface area contributed by atoms with Crippen LogP contribution in [0.1, 0.15) is 39.0 Å². The standard InChI is InChI=1S/C18H24N2S/c1-14-6-5-7-15(12-14)10-11-20-17(13-19-18(20)21)16-8-3-2-4-9-16/h2-4,8-9,13-15H,5-7,10-12H2,1H3,(H,19,21). The van der Waals surface area contributed by atoms with E-state index in [1.165, 1.54) is 43.4 Å². The fourth-order valence-corrected chi connectivity index (χ4v) is 3.85. The Hall–Kier alpha value is -1.35. The zero-order valence-corrected chi connectivity index (χ0v) is 13.5. The summed E-state index contributed by atoms with van der Waals surface area (Å²) >= 11 is 5.47. The van der Waals surface area contributed by atoms with Gasteiger partial charge in [-0.2, -0.15) is 0 Å². The molecule has 112 valence electrons. The molecule has 0 bridgehead atoms. The number of aromatic amines is 1. The van der Waals surface area contributed by atoms with Gasteiger partial charge in [0.25, 0.3) is 0 Å². The van der Waals surface area contributed by atoms with Crippen molar-refractivity contribution >= 4 is 12.2 Å². The van der Waals surface area contributed by atoms with Crippen LogP contribution in [0.2, 0.25) is 0 Å². The lowest BCUT2D eigenvalue weighted by Gasteiger charge is -2.26. The van der Waals surface area contributed by atoms with Crippen LogP contribution in [0.4, 0.5) is 0 Å². The smallest absolute Gasteiger partial charge is 0.177 e. The van der Waals surface area contributed by atoms with E-state index in [9.17, 15) is 0 Å². The average Bonchev–Trinajstić information content (AvgIpc) is 2.87. The van der Waals surface area contributed by atoms with Crippen LogP contribution in [0.3, 0.4) is 0 Å². The lowest BCUT2D eigenvalue weighted by molar-refractivity contribution is 0.261. The molecule has 1 aliphatic carbocycles. The summed E-state index contributed by atoms with van der Waals surface area (Å²) in [6.45, 7) is 3.42. The van der Waals surface area contributed by atoms with Crippen molar-refractivity contribution in [3.8, 4) is 11.3 Å². The van der Waals surface area contributed by atoms with Gasteiger partial charge in [-0.05, 0) is 42.5 Å². The molecule has 0 amide bonds. The number of rotatable bonds is 4. The molecule has 1 aromatic heterocycles. The molecule has 3 heteroatoms. The minimum atomic E-state index is 0.845. The molecule has 1 fully saturated rings. The Bertz CT molecular complexity index is 626. The molecule has 3 rings (SSSR count). The van der Waals surface area contributed by atoms with Gasteiger partial charge >= 0.3 is 0 Å². The zero-order chi connectivity index (χ0) is 14.7. The summed E-state index contributed by atoms with van der Waals surface area (Å²) in [7, 11) is 0. The first-order valence-corrected chi connectivity index (χ1v) is 8.48. The summed E-state index contributed by atoms with van der Waals surface area (Å²) < 4.78 is 3.11. The van der Waals surface area contributed by atoms with Crippen LogP contribution in [0.25, 0.3) is 11.3 Å². The minimum absolute atomic E-state index is 0.845. The van der Waals surface area contributed by atoms with Crippen LogP contribution in [-0.2, 0) is 6.54 Å². The summed E-state index contributed by atoms with van der Waals surface area (Å²) in [5.41, 5.74) is 2.45. The van der Waals surface area contributed by atoms with E-state index in [0.29, 0.717) is 0 Å². The molecule has 1 aromatic carbocycles. The Morgan fingerprint density at radius 1 is 1.24 bits per heavy atom. The second kappa shape index (κ2) is 6.61. The summed E-state index contributed by atoms with van der Waals surface area (Å²) in [5.74, 6) is 1.77. The van der Waals surface area contributed by atoms with Gasteiger partial charge in [-0.25, -0.2) is 0 Å². The Morgan fingerprint density at radius 3 is 2.81 bits per heavy atom. The molecule has 1 aliphatic rings. The molecule has 0 saturated heterocycles. The first-order valence-electron chi connectivity index (χ1n) is 8.07. The number of nitrogens with one attached hydrogen (secondary N) is 1. The molecule has 21 heavy (non-hydrogen) atoms. The van der Waals surface area contributed by atoms with E-state index < -0.39 is 0 Å². The molecule has 1 heterocycles. The maximum absolute atomic E-state index is 5.47. The van der Waals surface area contributed by atoms with Crippen molar-refractivity contribution in [2.75, 3.05) is 0 Å². The molecule has 1 saturated carbocycles. The average molecular weight is 300 g/mol. The largest absolute Gasteiger partial charge is 0.337 e. The van der Waals surface area contributed by atoms with Gasteiger partial charge in [0, 0.05) is 12.7 Å². The third-order valence-electron chi connectivity index (χ3n) is 4.74. The molecular weight excluding hydrogens is 276 g/mol. The second-order valence-electron chi connectivity index (χ2n) is 6.42. The van der Waals surface area contributed by atoms with E-state index in [4.69, 9.17) is 12.2 Å². The van der Waals surface area contributed by atoms with Crippen molar-refractivity contribution in [2.24, 2.45) is 11.8 Å². The second-order valence-corrected chi connectivity index (χ2v) is 6.81. The van der Waals surface area contributed by atoms with Gasteiger partial charge in [0.2, 0.25) is 0 Å². The molecular formula is C18H24N2S. The Kier molecular flexibility index (Phi) is 4.59. The predicted molar refractivity (Wildman–Crippen MR) is 90.8 cm³/mol. The SMILES string of the molecule is CC1CCCC(CCn2c(-c3ccccc3)c[nH]c2=S)C1. The Morgan fingerprint density at radius 2 is 2.05 bits per heavy atom. The highest BCUT2D eigenvalue weighted by Gasteiger charge is 2.19. The van der Waals surface area contributed by atoms with Crippen LogP contribution < -0.4 is 0 Å². The van der Waals surface area contributed by atoms with E-state index in [1.54, 1.807) is 0 Å². The van der Waals surface area contributed by atoms with E-state index in [1.807, 2.05) is 6.20 Å². The Balaban J connectivity index is 1.74. The summed E-state index contributed by atoms with van der Waals surface area (Å²) in [4.78, 5) is 3.21. The molecule has 2 nitrogen and oxygen atoms in total. The van der Waals surface area contributed by atoms with Crippen LogP contribution in [0.15, 0.2) is 36.5 Å². The number of hydrogen-bond acceptors (Lipinski definition) is 1. The predicted octanol–water partition coefficient (Wildman–Crippen LogP) is 5.43. The Labute approximate surface area is 132 Å². The van der Waals surface area contributed by atoms with Crippen molar-refractivity contribution in [3.05, 3.63) is 41.3 Å². The highest BCUT2D eigenvalue weighted by atomic mass is 32.1. The van der Waals surface area contributed by atoms with E-state index in [-0.39, 0.29) is 0 Å². The van der Waals surface area contributed by atoms with Gasteiger partial charge in [0.15, 0.2) is 4.77 Å². The third kappa shape index (κ3) is 3.46. The number of nitrogens with zero attached hydrogens (tertiary/aromatic N) is 1. The topological polar surface area (TPSA) is 20.7 Å². The van der Waals surface area contributed by atoms with Gasteiger partial charge in [-0.1, -0.05) is 56.5 Å². The summed E-state index contributed by atoms with van der Waals surface area (Å²) in [6.07, 6.45) is 8.88. The first kappa shape index (κ1) is 14.6. The van der Waals surface area contributed by atoms with Crippen molar-refractivity contribution in [1.29, 1.82) is 0 Å². The molecule has 2 atom stereocenters. The quantitative estimate of drug-likeness (QED) is 0.747. The van der Waals surface area contributed by atoms with Crippen LogP contribution in [-0.4, -0.2) is 9.55 Å². The van der Waals surface area contributed by atoms with Gasteiger partial charge in [-0.15, -0.1) is 0 Å². The number of imidazole rings is 1. The molecule has 0 radical (unpaired) electrons. The van der Waals surface area contributed by atoms with Gasteiger partial charge in [0.1, 0.15) is 0 Å². The maximum Gasteiger partial charge on any atom is 0.177 e. The molecule has 0 spiro atoms. The van der Waals surface area contributed by atoms with Crippen molar-refractivity contribution in [3.63, 3.8) is 0 Å². The molecule has 0 aliphatic heterocycles. The number of hydrogen-bond donors (Lipinski definition) is 1. The van der Waals surface area contributed by atoms with Crippen molar-refractivity contribution in [1.82, 2.24) is 9.55 Å². The fraction of sp³-hybridized carbons (Fsp3) is 0.500. The minimum Gasteiger partial charge on any atom is -0.337 e. The molecule has 1 N–H and O–H groups in total. The van der Waals surface area contributed by atoms with E-state index in [0.717, 1.165) is 23.2 Å². The zero-order valence-electron chi connectivity index (χ0n) is 12.7. The highest BCUT2D eigenvalue weighted by molar-refractivity contribution is 7.71. The van der Waals surface area contributed by atoms with Gasteiger partial charge < -0.3 is 9.55 Å². The molecule has 2 aromatic rings. The first-order chi connectivity index (χ1) is 10.2.